The Kier molecular flexibility index (Phi) is 27.1. The van der Waals surface area contributed by atoms with E-state index in [1.807, 2.05) is 88.4 Å². The summed E-state index contributed by atoms with van der Waals surface area (Å²) in [5.41, 5.74) is 8.37. The minimum atomic E-state index is -4.04. The number of amides is 3. The Labute approximate surface area is 473 Å². The molecule has 4 aromatic rings. The van der Waals surface area contributed by atoms with Gasteiger partial charge < -0.3 is 55.6 Å². The van der Waals surface area contributed by atoms with Gasteiger partial charge in [-0.3, -0.25) is 4.79 Å². The van der Waals surface area contributed by atoms with E-state index in [-0.39, 0.29) is 78.9 Å². The fraction of sp³-hybridized carbons (Fsp3) is 0.534. The van der Waals surface area contributed by atoms with Crippen LogP contribution in [0.1, 0.15) is 84.3 Å². The number of sulfonamides is 2. The zero-order valence-corrected chi connectivity index (χ0v) is 48.5. The molecular weight excluding hydrogens is 1070 g/mol. The lowest BCUT2D eigenvalue weighted by Crippen LogP contribution is -2.51. The summed E-state index contributed by atoms with van der Waals surface area (Å²) in [6.07, 6.45) is 1.50. The average Bonchev–Trinajstić information content (AvgIpc) is 4.15. The molecule has 2 aliphatic heterocycles. The van der Waals surface area contributed by atoms with E-state index >= 15 is 0 Å². The highest BCUT2D eigenvalue weighted by Gasteiger charge is 2.34. The molecule has 0 aliphatic carbocycles. The predicted octanol–water partition coefficient (Wildman–Crippen LogP) is 6.76. The Morgan fingerprint density at radius 1 is 0.625 bits per heavy atom. The van der Waals surface area contributed by atoms with Gasteiger partial charge in [0.2, 0.25) is 26.0 Å². The van der Waals surface area contributed by atoms with Crippen LogP contribution in [0.15, 0.2) is 119 Å². The van der Waals surface area contributed by atoms with Gasteiger partial charge in [-0.1, -0.05) is 115 Å². The molecule has 6 atom stereocenters. The van der Waals surface area contributed by atoms with Crippen LogP contribution in [0.25, 0.3) is 0 Å². The van der Waals surface area contributed by atoms with E-state index in [1.54, 1.807) is 0 Å². The van der Waals surface area contributed by atoms with Crippen molar-refractivity contribution in [2.45, 2.75) is 132 Å². The first-order valence-corrected chi connectivity index (χ1v) is 30.5. The van der Waals surface area contributed by atoms with Crippen LogP contribution in [0.4, 0.5) is 21.0 Å². The number of ether oxygens (including phenoxy) is 5. The summed E-state index contributed by atoms with van der Waals surface area (Å²) in [7, 11) is -7.94. The molecule has 3 amide bonds. The molecule has 0 bridgehead atoms. The van der Waals surface area contributed by atoms with Gasteiger partial charge in [-0.25, -0.2) is 26.4 Å². The lowest BCUT2D eigenvalue weighted by Gasteiger charge is -2.30. The second-order valence-corrected chi connectivity index (χ2v) is 24.9. The molecule has 0 aromatic heterocycles. The zero-order chi connectivity index (χ0) is 58.1. The summed E-state index contributed by atoms with van der Waals surface area (Å²) in [6, 6.07) is 29.0. The van der Waals surface area contributed by atoms with Gasteiger partial charge in [0.1, 0.15) is 18.8 Å². The Morgan fingerprint density at radius 3 is 1.46 bits per heavy atom. The number of nitrogen functional groups attached to an aromatic ring is 1. The van der Waals surface area contributed by atoms with E-state index in [0.717, 1.165) is 36.8 Å². The molecule has 2 aliphatic rings. The molecule has 2 heterocycles. The second-order valence-electron chi connectivity index (χ2n) is 21.0. The highest BCUT2D eigenvalue weighted by atomic mass is 32.2. The number of nitrogens with one attached hydrogen (secondary N) is 3. The maximum atomic E-state index is 13.8. The number of aliphatic hydroxyl groups is 2. The fourth-order valence-electron chi connectivity index (χ4n) is 8.86. The first-order chi connectivity index (χ1) is 38.2. The number of hydrogen-bond donors (Lipinski definition) is 6. The van der Waals surface area contributed by atoms with E-state index in [4.69, 9.17) is 29.4 Å². The van der Waals surface area contributed by atoms with Crippen LogP contribution in [0, 0.1) is 11.8 Å². The van der Waals surface area contributed by atoms with Crippen LogP contribution in [0.3, 0.4) is 0 Å². The van der Waals surface area contributed by atoms with Crippen LogP contribution < -0.4 is 21.7 Å². The summed E-state index contributed by atoms with van der Waals surface area (Å²) in [5.74, 6) is -0.347. The van der Waals surface area contributed by atoms with Crippen molar-refractivity contribution in [1.29, 1.82) is 0 Å². The molecule has 0 spiro atoms. The number of unbranched alkanes of at least 4 members (excludes halogenated alkanes) is 3. The molecule has 2 saturated heterocycles. The first kappa shape index (κ1) is 65.1. The number of nitrogens with two attached hydrogens (primary N) is 1. The highest BCUT2D eigenvalue weighted by Crippen LogP contribution is 2.24. The van der Waals surface area contributed by atoms with Crippen LogP contribution in [-0.2, 0) is 61.4 Å². The molecule has 22 heteroatoms. The lowest BCUT2D eigenvalue weighted by molar-refractivity contribution is -0.120. The molecule has 80 heavy (non-hydrogen) atoms. The Hall–Kier alpha value is -5.69. The van der Waals surface area contributed by atoms with Crippen molar-refractivity contribution in [3.05, 3.63) is 120 Å². The molecule has 0 radical (unpaired) electrons. The predicted molar refractivity (Wildman–Crippen MR) is 306 cm³/mol. The van der Waals surface area contributed by atoms with Gasteiger partial charge in [0, 0.05) is 57.0 Å². The van der Waals surface area contributed by atoms with Gasteiger partial charge in [-0.2, -0.15) is 8.61 Å². The van der Waals surface area contributed by atoms with Crippen molar-refractivity contribution in [2.24, 2.45) is 11.8 Å². The minimum absolute atomic E-state index is 0.0126. The van der Waals surface area contributed by atoms with Crippen LogP contribution in [0.5, 0.6) is 0 Å². The number of benzene rings is 4. The number of carbonyl (C=O) groups excluding carboxylic acids is 3. The molecule has 4 aromatic carbocycles. The summed E-state index contributed by atoms with van der Waals surface area (Å²) in [4.78, 5) is 37.7. The van der Waals surface area contributed by atoms with Crippen molar-refractivity contribution in [3.8, 4) is 0 Å². The SMILES string of the molecule is CC(C)CN(C[C@@H](O)[C@H](Cc1ccccc1)NC(=O)O[C@H]1CCOC1)S(=O)(=O)c1ccc(N)cc1.CCCCCCOCC(=O)Nc1ccc(S(=O)(=O)N(CC(C)C)C[C@@H](O)[C@H](Cc2ccccc2)NC(=O)O[C@H]2CCOC2)cc1. The smallest absolute Gasteiger partial charge is 0.407 e. The first-order valence-electron chi connectivity index (χ1n) is 27.6. The van der Waals surface area contributed by atoms with Gasteiger partial charge in [-0.15, -0.1) is 0 Å². The minimum Gasteiger partial charge on any atom is -0.444 e. The highest BCUT2D eigenvalue weighted by molar-refractivity contribution is 7.89. The Bertz CT molecular complexity index is 2680. The molecule has 0 saturated carbocycles. The molecule has 6 rings (SSSR count). The Balaban J connectivity index is 0.000000303. The summed E-state index contributed by atoms with van der Waals surface area (Å²) in [5, 5.41) is 30.8. The molecule has 0 unspecified atom stereocenters. The zero-order valence-electron chi connectivity index (χ0n) is 46.8. The second kappa shape index (κ2) is 33.3. The van der Waals surface area contributed by atoms with Gasteiger partial charge in [-0.05, 0) is 90.8 Å². The van der Waals surface area contributed by atoms with Crippen molar-refractivity contribution in [3.63, 3.8) is 0 Å². The molecule has 2 fully saturated rings. The van der Waals surface area contributed by atoms with Crippen molar-refractivity contribution in [2.75, 3.05) is 76.9 Å². The van der Waals surface area contributed by atoms with E-state index in [1.165, 1.54) is 57.1 Å². The number of hydrogen-bond acceptors (Lipinski definition) is 15. The number of alkyl carbamates (subject to hydrolysis) is 2. The Morgan fingerprint density at radius 2 is 1.06 bits per heavy atom. The van der Waals surface area contributed by atoms with Crippen molar-refractivity contribution in [1.82, 2.24) is 19.2 Å². The maximum Gasteiger partial charge on any atom is 0.407 e. The molecule has 20 nitrogen and oxygen atoms in total. The van der Waals surface area contributed by atoms with E-state index in [2.05, 4.69) is 22.9 Å². The van der Waals surface area contributed by atoms with Gasteiger partial charge in [0.25, 0.3) is 0 Å². The van der Waals surface area contributed by atoms with Gasteiger partial charge >= 0.3 is 12.2 Å². The van der Waals surface area contributed by atoms with Crippen LogP contribution in [0.2, 0.25) is 0 Å². The van der Waals surface area contributed by atoms with Crippen LogP contribution >= 0.6 is 0 Å². The van der Waals surface area contributed by atoms with Crippen molar-refractivity contribution >= 4 is 49.5 Å². The summed E-state index contributed by atoms with van der Waals surface area (Å²) < 4.78 is 83.7. The van der Waals surface area contributed by atoms with E-state index in [9.17, 15) is 41.4 Å². The van der Waals surface area contributed by atoms with Gasteiger partial charge in [0.05, 0.1) is 60.5 Å². The monoisotopic (exact) mass is 1150 g/mol. The summed E-state index contributed by atoms with van der Waals surface area (Å²) >= 11 is 0. The third kappa shape index (κ3) is 22.3. The molecular formula is C58H84N6O14S2. The fourth-order valence-corrected chi connectivity index (χ4v) is 12.1. The summed E-state index contributed by atoms with van der Waals surface area (Å²) in [6.45, 7) is 11.7. The van der Waals surface area contributed by atoms with E-state index < -0.39 is 56.5 Å². The molecule has 442 valence electrons. The lowest BCUT2D eigenvalue weighted by atomic mass is 10.0. The van der Waals surface area contributed by atoms with E-state index in [0.29, 0.717) is 63.7 Å². The van der Waals surface area contributed by atoms with Crippen LogP contribution in [-0.4, -0.2) is 156 Å². The number of aliphatic hydroxyl groups excluding tert-OH is 2. The maximum absolute atomic E-state index is 13.8. The topological polar surface area (TPSA) is 275 Å². The van der Waals surface area contributed by atoms with Crippen molar-refractivity contribution < 1.29 is 65.1 Å². The quantitative estimate of drug-likeness (QED) is 0.0233. The third-order valence-electron chi connectivity index (χ3n) is 13.0. The standard InChI is InChI=1S/C33H49N3O8S.C25H35N3O6S/c1-4-5-6-10-18-42-24-32(38)34-27-13-15-29(16-14-27)45(40,41)36(21-25(2)3)22-31(37)30(20-26-11-8-7-9-12-26)35-33(39)44-28-17-19-43-23-28;1-18(2)15-28(35(31,32)22-10-8-20(26)9-11-22)16-24(29)23(14-19-6-4-3-5-7-19)27-25(30)34-21-12-13-33-17-21/h7-9,11-16,25,28,30-31,37H,4-6,10,17-24H2,1-3H3,(H,34,38)(H,35,39);3-11,18,21,23-24,29H,12-17,26H2,1-2H3,(H,27,30)/t28-,30-,31+;21-,23-,24+/m00/s1. The number of rotatable bonds is 30. The average molecular weight is 1150 g/mol. The third-order valence-corrected chi connectivity index (χ3v) is 16.7. The normalized spacial score (nSPS) is 17.1. The number of nitrogens with zero attached hydrogens (tertiary/aromatic N) is 2. The molecule has 7 N–H and O–H groups in total. The number of carbonyl (C=O) groups is 3. The number of anilines is 2. The largest absolute Gasteiger partial charge is 0.444 e. The van der Waals surface area contributed by atoms with Gasteiger partial charge in [0.15, 0.2) is 0 Å².